The SMILES string of the molecule is O=C1C(c2c(O)c3ccccc3oc2=O)=C(c2c(O)c3ccccc3oc2=O)C(=O)c2ccccc21. The molecule has 6 rings (SSSR count). The molecule has 0 radical (unpaired) electrons. The van der Waals surface area contributed by atoms with E-state index in [1.54, 1.807) is 24.3 Å². The van der Waals surface area contributed by atoms with E-state index < -0.39 is 56.6 Å². The molecule has 0 atom stereocenters. The van der Waals surface area contributed by atoms with Gasteiger partial charge in [0.2, 0.25) is 0 Å². The van der Waals surface area contributed by atoms with Gasteiger partial charge in [-0.15, -0.1) is 0 Å². The van der Waals surface area contributed by atoms with Crippen molar-refractivity contribution in [3.8, 4) is 11.5 Å². The molecule has 0 spiro atoms. The molecule has 0 unspecified atom stereocenters. The minimum atomic E-state index is -1.09. The molecule has 8 heteroatoms. The summed E-state index contributed by atoms with van der Waals surface area (Å²) in [4.78, 5) is 53.7. The number of Topliss-reactive ketones (excluding diaryl/α,β-unsaturated/α-hetero) is 2. The zero-order valence-electron chi connectivity index (χ0n) is 18.3. The third-order valence-electron chi connectivity index (χ3n) is 6.19. The lowest BCUT2D eigenvalue weighted by atomic mass is 9.78. The van der Waals surface area contributed by atoms with Gasteiger partial charge in [0.05, 0.1) is 21.9 Å². The molecule has 1 aliphatic carbocycles. The second kappa shape index (κ2) is 7.64. The van der Waals surface area contributed by atoms with E-state index in [2.05, 4.69) is 0 Å². The third-order valence-corrected chi connectivity index (χ3v) is 6.19. The van der Waals surface area contributed by atoms with Crippen LogP contribution in [-0.2, 0) is 0 Å². The van der Waals surface area contributed by atoms with Gasteiger partial charge in [-0.25, -0.2) is 9.59 Å². The standard InChI is InChI=1S/C28H14O8/c29-23-13-7-1-2-8-14(13)24(30)20(22-26(32)16-10-4-6-12-18(16)36-28(22)34)19(23)21-25(31)15-9-3-5-11-17(15)35-27(21)33/h1-12,31-32H. The molecule has 5 aromatic rings. The van der Waals surface area contributed by atoms with Crippen LogP contribution in [0.25, 0.3) is 33.1 Å². The van der Waals surface area contributed by atoms with Crippen LogP contribution in [0.4, 0.5) is 0 Å². The molecule has 0 bridgehead atoms. The first-order valence-corrected chi connectivity index (χ1v) is 10.8. The number of carbonyl (C=O) groups excluding carboxylic acids is 2. The van der Waals surface area contributed by atoms with Crippen molar-refractivity contribution in [1.29, 1.82) is 0 Å². The van der Waals surface area contributed by atoms with Crippen LogP contribution in [0.15, 0.2) is 91.2 Å². The van der Waals surface area contributed by atoms with Crippen molar-refractivity contribution >= 4 is 44.7 Å². The van der Waals surface area contributed by atoms with Crippen molar-refractivity contribution in [3.05, 3.63) is 116 Å². The van der Waals surface area contributed by atoms with Gasteiger partial charge in [0, 0.05) is 11.1 Å². The number of para-hydroxylation sites is 2. The van der Waals surface area contributed by atoms with Crippen LogP contribution in [0.2, 0.25) is 0 Å². The highest BCUT2D eigenvalue weighted by molar-refractivity contribution is 6.52. The molecule has 0 amide bonds. The van der Waals surface area contributed by atoms with Gasteiger partial charge in [0.1, 0.15) is 33.8 Å². The van der Waals surface area contributed by atoms with E-state index in [0.29, 0.717) is 0 Å². The lowest BCUT2D eigenvalue weighted by Gasteiger charge is -2.21. The summed E-state index contributed by atoms with van der Waals surface area (Å²) in [7, 11) is 0. The fourth-order valence-electron chi connectivity index (χ4n) is 4.56. The zero-order valence-corrected chi connectivity index (χ0v) is 18.3. The second-order valence-electron chi connectivity index (χ2n) is 8.17. The summed E-state index contributed by atoms with van der Waals surface area (Å²) in [5, 5.41) is 22.4. The van der Waals surface area contributed by atoms with Crippen LogP contribution in [0.3, 0.4) is 0 Å². The molecular weight excluding hydrogens is 464 g/mol. The monoisotopic (exact) mass is 478 g/mol. The van der Waals surface area contributed by atoms with Crippen molar-refractivity contribution in [2.45, 2.75) is 0 Å². The van der Waals surface area contributed by atoms with Gasteiger partial charge in [0.25, 0.3) is 0 Å². The van der Waals surface area contributed by atoms with Crippen molar-refractivity contribution in [3.63, 3.8) is 0 Å². The number of rotatable bonds is 2. The molecule has 1 aliphatic rings. The van der Waals surface area contributed by atoms with Gasteiger partial charge < -0.3 is 19.0 Å². The van der Waals surface area contributed by atoms with E-state index in [1.807, 2.05) is 0 Å². The number of carbonyl (C=O) groups is 2. The summed E-state index contributed by atoms with van der Waals surface area (Å²) >= 11 is 0. The fourth-order valence-corrected chi connectivity index (χ4v) is 4.56. The fraction of sp³-hybridized carbons (Fsp3) is 0. The zero-order chi connectivity index (χ0) is 25.1. The summed E-state index contributed by atoms with van der Waals surface area (Å²) in [6.45, 7) is 0. The van der Waals surface area contributed by atoms with E-state index in [4.69, 9.17) is 8.83 Å². The largest absolute Gasteiger partial charge is 0.506 e. The molecule has 0 saturated carbocycles. The molecule has 0 aliphatic heterocycles. The van der Waals surface area contributed by atoms with Crippen LogP contribution in [0.5, 0.6) is 11.5 Å². The minimum Gasteiger partial charge on any atom is -0.506 e. The molecule has 3 aromatic carbocycles. The molecular formula is C28H14O8. The van der Waals surface area contributed by atoms with E-state index in [0.717, 1.165) is 0 Å². The van der Waals surface area contributed by atoms with E-state index >= 15 is 0 Å². The van der Waals surface area contributed by atoms with Gasteiger partial charge in [0.15, 0.2) is 11.6 Å². The molecule has 0 saturated heterocycles. The van der Waals surface area contributed by atoms with Gasteiger partial charge in [-0.1, -0.05) is 48.5 Å². The van der Waals surface area contributed by atoms with Gasteiger partial charge in [-0.3, -0.25) is 9.59 Å². The van der Waals surface area contributed by atoms with Gasteiger partial charge >= 0.3 is 11.3 Å². The Balaban J connectivity index is 1.81. The summed E-state index contributed by atoms with van der Waals surface area (Å²) in [6, 6.07) is 18.1. The van der Waals surface area contributed by atoms with Crippen molar-refractivity contribution < 1.29 is 28.6 Å². The average molecular weight is 478 g/mol. The maximum Gasteiger partial charge on any atom is 0.348 e. The van der Waals surface area contributed by atoms with Gasteiger partial charge in [-0.2, -0.15) is 0 Å². The smallest absolute Gasteiger partial charge is 0.348 e. The Kier molecular flexibility index (Phi) is 4.52. The molecule has 2 N–H and O–H groups in total. The van der Waals surface area contributed by atoms with Crippen LogP contribution in [0.1, 0.15) is 31.8 Å². The topological polar surface area (TPSA) is 135 Å². The summed E-state index contributed by atoms with van der Waals surface area (Å²) in [5.74, 6) is -2.80. The summed E-state index contributed by atoms with van der Waals surface area (Å²) in [5.41, 5.74) is -4.43. The van der Waals surface area contributed by atoms with Crippen molar-refractivity contribution in [1.82, 2.24) is 0 Å². The first kappa shape index (κ1) is 21.3. The Morgan fingerprint density at radius 1 is 0.500 bits per heavy atom. The van der Waals surface area contributed by atoms with Crippen LogP contribution in [0, 0.1) is 0 Å². The first-order valence-electron chi connectivity index (χ1n) is 10.8. The number of hydrogen-bond acceptors (Lipinski definition) is 8. The minimum absolute atomic E-state index is 0.0297. The Bertz CT molecular complexity index is 1800. The van der Waals surface area contributed by atoms with E-state index in [1.165, 1.54) is 48.5 Å². The van der Waals surface area contributed by atoms with Crippen molar-refractivity contribution in [2.24, 2.45) is 0 Å². The molecule has 36 heavy (non-hydrogen) atoms. The maximum atomic E-state index is 13.8. The quantitative estimate of drug-likeness (QED) is 0.359. The number of ketones is 2. The lowest BCUT2D eigenvalue weighted by Crippen LogP contribution is -2.26. The third kappa shape index (κ3) is 2.88. The Morgan fingerprint density at radius 3 is 1.28 bits per heavy atom. The Hall–Kier alpha value is -5.24. The molecule has 2 aromatic heterocycles. The maximum absolute atomic E-state index is 13.8. The normalized spacial score (nSPS) is 13.4. The van der Waals surface area contributed by atoms with Crippen LogP contribution < -0.4 is 11.3 Å². The first-order chi connectivity index (χ1) is 17.4. The summed E-state index contributed by atoms with van der Waals surface area (Å²) in [6.07, 6.45) is 0. The van der Waals surface area contributed by atoms with Crippen LogP contribution in [-0.4, -0.2) is 21.8 Å². The molecule has 0 fully saturated rings. The highest BCUT2D eigenvalue weighted by Gasteiger charge is 2.39. The number of aromatic hydroxyl groups is 2. The van der Waals surface area contributed by atoms with Crippen molar-refractivity contribution in [2.75, 3.05) is 0 Å². The lowest BCUT2D eigenvalue weighted by molar-refractivity contribution is 0.101. The Labute approximate surface area is 201 Å². The number of fused-ring (bicyclic) bond motifs is 3. The van der Waals surface area contributed by atoms with Crippen LogP contribution >= 0.6 is 0 Å². The van der Waals surface area contributed by atoms with Gasteiger partial charge in [-0.05, 0) is 24.3 Å². The molecule has 2 heterocycles. The number of benzene rings is 3. The highest BCUT2D eigenvalue weighted by atomic mass is 16.4. The second-order valence-corrected chi connectivity index (χ2v) is 8.17. The molecule has 174 valence electrons. The highest BCUT2D eigenvalue weighted by Crippen LogP contribution is 2.43. The number of hydrogen-bond donors (Lipinski definition) is 2. The number of allylic oxidation sites excluding steroid dienone is 2. The van der Waals surface area contributed by atoms with E-state index in [9.17, 15) is 29.4 Å². The van der Waals surface area contributed by atoms with E-state index in [-0.39, 0.29) is 33.1 Å². The Morgan fingerprint density at radius 2 is 0.861 bits per heavy atom. The summed E-state index contributed by atoms with van der Waals surface area (Å²) < 4.78 is 10.7. The average Bonchev–Trinajstić information content (AvgIpc) is 2.88. The predicted molar refractivity (Wildman–Crippen MR) is 130 cm³/mol. The molecule has 8 nitrogen and oxygen atoms in total. The predicted octanol–water partition coefficient (Wildman–Crippen LogP) is 4.30.